The van der Waals surface area contributed by atoms with Gasteiger partial charge in [0.25, 0.3) is 5.91 Å². The maximum absolute atomic E-state index is 11.9. The van der Waals surface area contributed by atoms with Crippen LogP contribution >= 0.6 is 0 Å². The van der Waals surface area contributed by atoms with Crippen LogP contribution in [-0.4, -0.2) is 17.7 Å². The monoisotopic (exact) mass is 263 g/mol. The Labute approximate surface area is 112 Å². The van der Waals surface area contributed by atoms with Crippen molar-refractivity contribution < 1.29 is 19.2 Å². The lowest BCUT2D eigenvalue weighted by Crippen LogP contribution is -2.39. The molecule has 102 valence electrons. The van der Waals surface area contributed by atoms with E-state index in [0.29, 0.717) is 18.5 Å². The summed E-state index contributed by atoms with van der Waals surface area (Å²) in [7, 11) is 0. The number of nitrogens with zero attached hydrogens (tertiary/aromatic N) is 1. The van der Waals surface area contributed by atoms with Gasteiger partial charge in [0.1, 0.15) is 5.60 Å². The van der Waals surface area contributed by atoms with Crippen molar-refractivity contribution in [3.05, 3.63) is 29.8 Å². The largest absolute Gasteiger partial charge is 0.534 e. The Morgan fingerprint density at radius 1 is 1.21 bits per heavy atom. The molecule has 0 atom stereocenters. The van der Waals surface area contributed by atoms with Crippen LogP contribution in [0.3, 0.4) is 0 Å². The molecule has 0 aromatic heterocycles. The number of amides is 1. The number of carbonyl (C=O) groups is 2. The molecular weight excluding hydrogens is 246 g/mol. The number of ether oxygens (including phenoxy) is 1. The van der Waals surface area contributed by atoms with Crippen LogP contribution in [0, 0.1) is 0 Å². The molecule has 5 nitrogen and oxygen atoms in total. The molecule has 1 aromatic carbocycles. The van der Waals surface area contributed by atoms with Crippen LogP contribution < -0.4 is 5.06 Å². The van der Waals surface area contributed by atoms with Gasteiger partial charge in [0.2, 0.25) is 0 Å². The van der Waals surface area contributed by atoms with E-state index in [1.165, 1.54) is 0 Å². The summed E-state index contributed by atoms with van der Waals surface area (Å²) < 4.78 is 5.05. The Balaban J connectivity index is 2.16. The number of carbonyl (C=O) groups excluding carboxylic acids is 2. The number of rotatable bonds is 1. The molecule has 2 rings (SSSR count). The van der Waals surface area contributed by atoms with E-state index in [0.717, 1.165) is 10.6 Å². The first kappa shape index (κ1) is 13.4. The van der Waals surface area contributed by atoms with Crippen LogP contribution in [0.15, 0.2) is 24.3 Å². The summed E-state index contributed by atoms with van der Waals surface area (Å²) in [6.07, 6.45) is 0.0979. The summed E-state index contributed by atoms with van der Waals surface area (Å²) in [6, 6.07) is 7.34. The average molecular weight is 263 g/mol. The molecule has 0 radical (unpaired) electrons. The van der Waals surface area contributed by atoms with Gasteiger partial charge < -0.3 is 4.74 Å². The van der Waals surface area contributed by atoms with E-state index < -0.39 is 11.8 Å². The lowest BCUT2D eigenvalue weighted by molar-refractivity contribution is -0.126. The number of hydroxylamine groups is 1. The minimum Gasteiger partial charge on any atom is -0.427 e. The molecule has 0 bridgehead atoms. The molecule has 0 unspecified atom stereocenters. The van der Waals surface area contributed by atoms with Crippen LogP contribution in [0.4, 0.5) is 10.5 Å². The summed E-state index contributed by atoms with van der Waals surface area (Å²) in [6.45, 7) is 5.21. The highest BCUT2D eigenvalue weighted by atomic mass is 16.8. The van der Waals surface area contributed by atoms with Gasteiger partial charge >= 0.3 is 6.16 Å². The molecule has 0 fully saturated rings. The molecule has 0 N–H and O–H groups in total. The number of benzene rings is 1. The molecule has 0 spiro atoms. The topological polar surface area (TPSA) is 55.8 Å². The van der Waals surface area contributed by atoms with Crippen LogP contribution in [0.5, 0.6) is 0 Å². The van der Waals surface area contributed by atoms with E-state index in [-0.39, 0.29) is 5.91 Å². The van der Waals surface area contributed by atoms with E-state index >= 15 is 0 Å². The van der Waals surface area contributed by atoms with Crippen molar-refractivity contribution in [1.29, 1.82) is 0 Å². The number of fused-ring (bicyclic) bond motifs is 1. The fourth-order valence-electron chi connectivity index (χ4n) is 1.84. The van der Waals surface area contributed by atoms with Gasteiger partial charge in [0.05, 0.1) is 5.69 Å². The number of hydrogen-bond donors (Lipinski definition) is 0. The van der Waals surface area contributed by atoms with E-state index in [9.17, 15) is 9.59 Å². The van der Waals surface area contributed by atoms with Gasteiger partial charge in [-0.3, -0.25) is 9.63 Å². The molecule has 1 heterocycles. The first-order chi connectivity index (χ1) is 8.87. The molecular formula is C14H17NO4. The highest BCUT2D eigenvalue weighted by molar-refractivity contribution is 5.95. The summed E-state index contributed by atoms with van der Waals surface area (Å²) >= 11 is 0. The normalized spacial score (nSPS) is 14.9. The maximum atomic E-state index is 11.9. The molecule has 0 aliphatic carbocycles. The second-order valence-corrected chi connectivity index (χ2v) is 5.37. The summed E-state index contributed by atoms with van der Waals surface area (Å²) in [5.41, 5.74) is 0.922. The lowest BCUT2D eigenvalue weighted by atomic mass is 10.0. The number of para-hydroxylation sites is 1. The third kappa shape index (κ3) is 3.24. The molecule has 19 heavy (non-hydrogen) atoms. The van der Waals surface area contributed by atoms with Crippen LogP contribution in [0.25, 0.3) is 0 Å². The SMILES string of the molecule is CC(C)(C)OC(=O)ON1C(=O)CCc2ccccc21. The highest BCUT2D eigenvalue weighted by Crippen LogP contribution is 2.28. The van der Waals surface area contributed by atoms with E-state index in [4.69, 9.17) is 9.57 Å². The highest BCUT2D eigenvalue weighted by Gasteiger charge is 2.29. The second kappa shape index (κ2) is 4.91. The zero-order valence-corrected chi connectivity index (χ0v) is 11.3. The van der Waals surface area contributed by atoms with Crippen molar-refractivity contribution in [3.8, 4) is 0 Å². The second-order valence-electron chi connectivity index (χ2n) is 5.37. The minimum absolute atomic E-state index is 0.246. The summed E-state index contributed by atoms with van der Waals surface area (Å²) in [5, 5.41) is 1.02. The quantitative estimate of drug-likeness (QED) is 0.731. The van der Waals surface area contributed by atoms with Crippen LogP contribution in [-0.2, 0) is 20.8 Å². The number of hydrogen-bond acceptors (Lipinski definition) is 4. The Hall–Kier alpha value is -2.04. The fraction of sp³-hybridized carbons (Fsp3) is 0.429. The van der Waals surface area contributed by atoms with Crippen molar-refractivity contribution in [1.82, 2.24) is 0 Å². The molecule has 0 saturated heterocycles. The predicted octanol–water partition coefficient (Wildman–Crippen LogP) is 2.83. The van der Waals surface area contributed by atoms with Gasteiger partial charge in [-0.2, -0.15) is 0 Å². The molecule has 1 aliphatic rings. The first-order valence-corrected chi connectivity index (χ1v) is 6.18. The predicted molar refractivity (Wildman–Crippen MR) is 69.6 cm³/mol. The zero-order valence-electron chi connectivity index (χ0n) is 11.3. The first-order valence-electron chi connectivity index (χ1n) is 6.18. The van der Waals surface area contributed by atoms with E-state index in [1.807, 2.05) is 12.1 Å². The Morgan fingerprint density at radius 3 is 2.58 bits per heavy atom. The van der Waals surface area contributed by atoms with Crippen LogP contribution in [0.2, 0.25) is 0 Å². The molecule has 0 saturated carbocycles. The third-order valence-corrected chi connectivity index (χ3v) is 2.60. The Kier molecular flexibility index (Phi) is 3.46. The molecule has 1 aromatic rings. The standard InChI is InChI=1S/C14H17NO4/c1-14(2,3)18-13(17)19-15-11-7-5-4-6-10(11)8-9-12(15)16/h4-7H,8-9H2,1-3H3. The van der Waals surface area contributed by atoms with E-state index in [2.05, 4.69) is 0 Å². The zero-order chi connectivity index (χ0) is 14.0. The average Bonchev–Trinajstić information content (AvgIpc) is 2.31. The van der Waals surface area contributed by atoms with Gasteiger partial charge in [0, 0.05) is 6.42 Å². The fourth-order valence-corrected chi connectivity index (χ4v) is 1.84. The van der Waals surface area contributed by atoms with Gasteiger partial charge in [-0.05, 0) is 38.8 Å². The number of anilines is 1. The number of aryl methyl sites for hydroxylation is 1. The van der Waals surface area contributed by atoms with E-state index in [1.54, 1.807) is 32.9 Å². The van der Waals surface area contributed by atoms with Gasteiger partial charge in [0.15, 0.2) is 0 Å². The van der Waals surface area contributed by atoms with Gasteiger partial charge in [-0.1, -0.05) is 18.2 Å². The van der Waals surface area contributed by atoms with Crippen molar-refractivity contribution in [3.63, 3.8) is 0 Å². The molecule has 1 aliphatic heterocycles. The van der Waals surface area contributed by atoms with Crippen molar-refractivity contribution in [2.24, 2.45) is 0 Å². The smallest absolute Gasteiger partial charge is 0.427 e. The third-order valence-electron chi connectivity index (χ3n) is 2.60. The van der Waals surface area contributed by atoms with Crippen molar-refractivity contribution >= 4 is 17.7 Å². The maximum Gasteiger partial charge on any atom is 0.534 e. The van der Waals surface area contributed by atoms with Crippen LogP contribution in [0.1, 0.15) is 32.8 Å². The minimum atomic E-state index is -0.877. The van der Waals surface area contributed by atoms with Crippen molar-refractivity contribution in [2.45, 2.75) is 39.2 Å². The molecule has 1 amide bonds. The summed E-state index contributed by atoms with van der Waals surface area (Å²) in [5.74, 6) is -0.246. The lowest BCUT2D eigenvalue weighted by Gasteiger charge is -2.28. The van der Waals surface area contributed by atoms with Crippen molar-refractivity contribution in [2.75, 3.05) is 5.06 Å². The van der Waals surface area contributed by atoms with Gasteiger partial charge in [-0.15, -0.1) is 5.06 Å². The molecule has 5 heteroatoms. The Bertz CT molecular complexity index is 504. The van der Waals surface area contributed by atoms with Gasteiger partial charge in [-0.25, -0.2) is 4.79 Å². The Morgan fingerprint density at radius 2 is 1.89 bits per heavy atom. The summed E-state index contributed by atoms with van der Waals surface area (Å²) in [4.78, 5) is 28.5.